The van der Waals surface area contributed by atoms with Crippen LogP contribution in [-0.2, 0) is 9.59 Å². The van der Waals surface area contributed by atoms with E-state index in [1.165, 1.54) is 0 Å². The molecule has 0 aliphatic heterocycles. The Balaban J connectivity index is 2.43. The van der Waals surface area contributed by atoms with E-state index in [1.807, 2.05) is 6.92 Å². The largest absolute Gasteiger partial charge is 0.392 e. The van der Waals surface area contributed by atoms with Gasteiger partial charge >= 0.3 is 11.8 Å². The summed E-state index contributed by atoms with van der Waals surface area (Å²) in [7, 11) is 0. The second-order valence-electron chi connectivity index (χ2n) is 4.34. The first-order chi connectivity index (χ1) is 8.04. The third kappa shape index (κ3) is 5.12. The quantitative estimate of drug-likeness (QED) is 0.520. The van der Waals surface area contributed by atoms with E-state index in [0.29, 0.717) is 19.0 Å². The average Bonchev–Trinajstić information content (AvgIpc) is 3.08. The highest BCUT2D eigenvalue weighted by atomic mass is 32.1. The van der Waals surface area contributed by atoms with Crippen LogP contribution in [0.25, 0.3) is 0 Å². The molecular formula is C11H19N3O2S. The van der Waals surface area contributed by atoms with Crippen molar-refractivity contribution in [3.63, 3.8) is 0 Å². The topological polar surface area (TPSA) is 75.4 Å². The minimum absolute atomic E-state index is 0.0727. The first kappa shape index (κ1) is 13.9. The maximum Gasteiger partial charge on any atom is 0.311 e. The summed E-state index contributed by atoms with van der Waals surface area (Å²) in [5.74, 6) is -0.518. The van der Waals surface area contributed by atoms with Crippen LogP contribution in [0.5, 0.6) is 0 Å². The third-order valence-electron chi connectivity index (χ3n) is 2.57. The van der Waals surface area contributed by atoms with Crippen molar-refractivity contribution in [2.24, 2.45) is 11.7 Å². The van der Waals surface area contributed by atoms with E-state index in [2.05, 4.69) is 17.5 Å². The van der Waals surface area contributed by atoms with Gasteiger partial charge in [0.05, 0.1) is 11.5 Å². The lowest BCUT2D eigenvalue weighted by Crippen LogP contribution is -2.46. The summed E-state index contributed by atoms with van der Waals surface area (Å²) in [5.41, 5.74) is 5.26. The van der Waals surface area contributed by atoms with Gasteiger partial charge in [-0.1, -0.05) is 19.1 Å². The monoisotopic (exact) mass is 257 g/mol. The maximum atomic E-state index is 11.8. The van der Waals surface area contributed by atoms with Gasteiger partial charge in [-0.05, 0) is 25.2 Å². The van der Waals surface area contributed by atoms with E-state index in [9.17, 15) is 9.59 Å². The highest BCUT2D eigenvalue weighted by molar-refractivity contribution is 7.80. The van der Waals surface area contributed by atoms with Crippen LogP contribution < -0.4 is 11.1 Å². The Hall–Kier alpha value is -1.17. The molecule has 0 atom stereocenters. The molecule has 0 aromatic heterocycles. The Morgan fingerprint density at radius 2 is 2.12 bits per heavy atom. The smallest absolute Gasteiger partial charge is 0.311 e. The zero-order valence-electron chi connectivity index (χ0n) is 10.1. The number of carbonyl (C=O) groups excluding carboxylic acids is 2. The molecule has 0 heterocycles. The summed E-state index contributed by atoms with van der Waals surface area (Å²) in [4.78, 5) is 25.2. The lowest BCUT2D eigenvalue weighted by molar-refractivity contribution is -0.145. The predicted molar refractivity (Wildman–Crippen MR) is 69.4 cm³/mol. The molecule has 0 bridgehead atoms. The number of nitrogens with zero attached hydrogens (tertiary/aromatic N) is 1. The van der Waals surface area contributed by atoms with Gasteiger partial charge in [-0.3, -0.25) is 9.59 Å². The molecule has 1 aliphatic carbocycles. The van der Waals surface area contributed by atoms with Crippen LogP contribution in [0.3, 0.4) is 0 Å². The van der Waals surface area contributed by atoms with Crippen molar-refractivity contribution < 1.29 is 9.59 Å². The van der Waals surface area contributed by atoms with Crippen molar-refractivity contribution in [3.05, 3.63) is 0 Å². The van der Waals surface area contributed by atoms with Gasteiger partial charge in [0.1, 0.15) is 0 Å². The van der Waals surface area contributed by atoms with E-state index in [4.69, 9.17) is 5.73 Å². The highest BCUT2D eigenvalue weighted by Crippen LogP contribution is 2.29. The molecule has 2 amide bonds. The molecule has 1 rings (SSSR count). The molecule has 0 aromatic rings. The number of carbonyl (C=O) groups is 2. The molecule has 0 radical (unpaired) electrons. The fourth-order valence-corrected chi connectivity index (χ4v) is 1.62. The first-order valence-electron chi connectivity index (χ1n) is 5.90. The standard InChI is InChI=1S/C11H19N3O2S/c1-2-5-14(7-8-3-4-8)11(16)10(15)13-6-9(12)17/h8H,2-7H2,1H3,(H2,12,17)(H,13,15). The highest BCUT2D eigenvalue weighted by Gasteiger charge is 2.28. The van der Waals surface area contributed by atoms with Crippen LogP contribution in [0, 0.1) is 5.92 Å². The Kier molecular flexibility index (Phi) is 5.34. The SMILES string of the molecule is CCCN(CC1CC1)C(=O)C(=O)NCC(N)=S. The molecule has 0 spiro atoms. The molecular weight excluding hydrogens is 238 g/mol. The van der Waals surface area contributed by atoms with Gasteiger partial charge in [0.25, 0.3) is 0 Å². The lowest BCUT2D eigenvalue weighted by atomic mass is 10.3. The van der Waals surface area contributed by atoms with Crippen LogP contribution in [0.15, 0.2) is 0 Å². The van der Waals surface area contributed by atoms with Gasteiger partial charge < -0.3 is 16.0 Å². The van der Waals surface area contributed by atoms with E-state index >= 15 is 0 Å². The van der Waals surface area contributed by atoms with Crippen LogP contribution >= 0.6 is 12.2 Å². The van der Waals surface area contributed by atoms with E-state index < -0.39 is 11.8 Å². The Labute approximate surface area is 107 Å². The predicted octanol–water partition coefficient (Wildman–Crippen LogP) is 0.0373. The molecule has 3 N–H and O–H groups in total. The van der Waals surface area contributed by atoms with Crippen molar-refractivity contribution in [1.29, 1.82) is 0 Å². The van der Waals surface area contributed by atoms with Crippen molar-refractivity contribution in [3.8, 4) is 0 Å². The Bertz CT molecular complexity index is 316. The number of nitrogens with one attached hydrogen (secondary N) is 1. The number of hydrogen-bond acceptors (Lipinski definition) is 3. The average molecular weight is 257 g/mol. The maximum absolute atomic E-state index is 11.8. The summed E-state index contributed by atoms with van der Waals surface area (Å²) in [6, 6.07) is 0. The van der Waals surface area contributed by atoms with Crippen molar-refractivity contribution in [1.82, 2.24) is 10.2 Å². The first-order valence-corrected chi connectivity index (χ1v) is 6.30. The number of rotatable bonds is 6. The Morgan fingerprint density at radius 3 is 2.59 bits per heavy atom. The lowest BCUT2D eigenvalue weighted by Gasteiger charge is -2.21. The second-order valence-corrected chi connectivity index (χ2v) is 4.87. The second kappa shape index (κ2) is 6.54. The van der Waals surface area contributed by atoms with Crippen LogP contribution in [0.4, 0.5) is 0 Å². The summed E-state index contributed by atoms with van der Waals surface area (Å²) < 4.78 is 0. The van der Waals surface area contributed by atoms with Gasteiger partial charge in [-0.2, -0.15) is 0 Å². The molecule has 6 heteroatoms. The van der Waals surface area contributed by atoms with Crippen LogP contribution in [0.1, 0.15) is 26.2 Å². The molecule has 0 aromatic carbocycles. The van der Waals surface area contributed by atoms with Gasteiger partial charge in [0.2, 0.25) is 0 Å². The van der Waals surface area contributed by atoms with Gasteiger partial charge in [-0.25, -0.2) is 0 Å². The third-order valence-corrected chi connectivity index (χ3v) is 2.72. The van der Waals surface area contributed by atoms with E-state index in [1.54, 1.807) is 4.90 Å². The summed E-state index contributed by atoms with van der Waals surface area (Å²) >= 11 is 4.64. The van der Waals surface area contributed by atoms with Gasteiger partial charge in [-0.15, -0.1) is 0 Å². The molecule has 1 fully saturated rings. The minimum Gasteiger partial charge on any atom is -0.392 e. The van der Waals surface area contributed by atoms with Crippen molar-refractivity contribution >= 4 is 29.0 Å². The molecule has 1 saturated carbocycles. The summed E-state index contributed by atoms with van der Waals surface area (Å²) in [5, 5.41) is 2.42. The zero-order valence-corrected chi connectivity index (χ0v) is 10.9. The van der Waals surface area contributed by atoms with Crippen LogP contribution in [-0.4, -0.2) is 41.3 Å². The van der Waals surface area contributed by atoms with Crippen molar-refractivity contribution in [2.75, 3.05) is 19.6 Å². The normalized spacial score (nSPS) is 14.2. The molecule has 1 aliphatic rings. The summed E-state index contributed by atoms with van der Waals surface area (Å²) in [6.45, 7) is 3.37. The summed E-state index contributed by atoms with van der Waals surface area (Å²) in [6.07, 6.45) is 3.16. The minimum atomic E-state index is -0.619. The number of amides is 2. The number of nitrogens with two attached hydrogens (primary N) is 1. The van der Waals surface area contributed by atoms with E-state index in [0.717, 1.165) is 19.3 Å². The number of thiocarbonyl (C=S) groups is 1. The molecule has 96 valence electrons. The fourth-order valence-electron chi connectivity index (χ4n) is 1.54. The van der Waals surface area contributed by atoms with Crippen molar-refractivity contribution in [2.45, 2.75) is 26.2 Å². The molecule has 17 heavy (non-hydrogen) atoms. The Morgan fingerprint density at radius 1 is 1.47 bits per heavy atom. The zero-order chi connectivity index (χ0) is 12.8. The van der Waals surface area contributed by atoms with E-state index in [-0.39, 0.29) is 11.5 Å². The molecule has 0 saturated heterocycles. The fraction of sp³-hybridized carbons (Fsp3) is 0.727. The molecule has 0 unspecified atom stereocenters. The van der Waals surface area contributed by atoms with Crippen LogP contribution in [0.2, 0.25) is 0 Å². The number of hydrogen-bond donors (Lipinski definition) is 2. The van der Waals surface area contributed by atoms with Gasteiger partial charge in [0, 0.05) is 13.1 Å². The molecule has 5 nitrogen and oxygen atoms in total. The van der Waals surface area contributed by atoms with Gasteiger partial charge in [0.15, 0.2) is 0 Å².